The molecule has 0 spiro atoms. The Morgan fingerprint density at radius 1 is 1.26 bits per heavy atom. The van der Waals surface area contributed by atoms with Crippen molar-refractivity contribution in [1.82, 2.24) is 19.2 Å². The predicted molar refractivity (Wildman–Crippen MR) is 130 cm³/mol. The smallest absolute Gasteiger partial charge is 0.268 e. The van der Waals surface area contributed by atoms with Crippen molar-refractivity contribution in [2.24, 2.45) is 11.3 Å². The first-order valence-electron chi connectivity index (χ1n) is 10.6. The van der Waals surface area contributed by atoms with Crippen LogP contribution < -0.4 is 5.56 Å². The van der Waals surface area contributed by atoms with Crippen LogP contribution in [0.1, 0.15) is 37.6 Å². The van der Waals surface area contributed by atoms with Crippen molar-refractivity contribution in [2.45, 2.75) is 45.2 Å². The molecule has 0 aliphatic heterocycles. The molecule has 0 bridgehead atoms. The highest BCUT2D eigenvalue weighted by atomic mass is 32.2. The predicted octanol–water partition coefficient (Wildman–Crippen LogP) is 5.52. The Balaban J connectivity index is 1.83. The third kappa shape index (κ3) is 3.34. The number of thioether (sulfide) groups is 1. The maximum absolute atomic E-state index is 13.8. The molecule has 1 aliphatic carbocycles. The molecule has 0 amide bonds. The highest BCUT2D eigenvalue weighted by Crippen LogP contribution is 2.43. The lowest BCUT2D eigenvalue weighted by atomic mass is 9.72. The monoisotopic (exact) mass is 450 g/mol. The third-order valence-corrected chi connectivity index (χ3v) is 8.42. The standard InChI is InChI=1S/C24H26N4OS2/c1-5-13-30-23-26-25-22-27(16-9-7-6-8-10-16)20(29)19-17-12-11-15(24(2,3)4)14-18(17)31-21(19)28(22)23/h5-10,15H,1,11-14H2,2-4H3. The Bertz CT molecular complexity index is 1340. The molecular formula is C24H26N4OS2. The van der Waals surface area contributed by atoms with Gasteiger partial charge in [0.15, 0.2) is 5.16 Å². The minimum atomic E-state index is 0.00748. The highest BCUT2D eigenvalue weighted by molar-refractivity contribution is 7.99. The molecule has 0 radical (unpaired) electrons. The Morgan fingerprint density at radius 2 is 2.03 bits per heavy atom. The molecule has 0 saturated carbocycles. The van der Waals surface area contributed by atoms with Crippen LogP contribution in [0.5, 0.6) is 0 Å². The van der Waals surface area contributed by atoms with Crippen LogP contribution in [-0.2, 0) is 12.8 Å². The van der Waals surface area contributed by atoms with Gasteiger partial charge in [0.2, 0.25) is 5.78 Å². The van der Waals surface area contributed by atoms with Crippen molar-refractivity contribution >= 4 is 39.1 Å². The number of thiophene rings is 1. The number of hydrogen-bond donors (Lipinski definition) is 0. The summed E-state index contributed by atoms with van der Waals surface area (Å²) >= 11 is 3.34. The lowest BCUT2D eigenvalue weighted by Crippen LogP contribution is -2.27. The van der Waals surface area contributed by atoms with Gasteiger partial charge in [0.05, 0.1) is 11.1 Å². The van der Waals surface area contributed by atoms with Crippen molar-refractivity contribution in [2.75, 3.05) is 5.75 Å². The van der Waals surface area contributed by atoms with Gasteiger partial charge < -0.3 is 0 Å². The van der Waals surface area contributed by atoms with E-state index in [0.717, 1.165) is 46.1 Å². The van der Waals surface area contributed by atoms with Gasteiger partial charge in [-0.1, -0.05) is 56.8 Å². The Labute approximate surface area is 189 Å². The van der Waals surface area contributed by atoms with Crippen molar-refractivity contribution in [3.63, 3.8) is 0 Å². The summed E-state index contributed by atoms with van der Waals surface area (Å²) in [6, 6.07) is 9.75. The molecule has 0 saturated heterocycles. The lowest BCUT2D eigenvalue weighted by molar-refractivity contribution is 0.218. The number of para-hydroxylation sites is 1. The van der Waals surface area contributed by atoms with Gasteiger partial charge in [-0.05, 0) is 48.3 Å². The largest absolute Gasteiger partial charge is 0.268 e. The van der Waals surface area contributed by atoms with E-state index in [0.29, 0.717) is 11.7 Å². The summed E-state index contributed by atoms with van der Waals surface area (Å²) in [5, 5.41) is 10.5. The zero-order chi connectivity index (χ0) is 21.8. The summed E-state index contributed by atoms with van der Waals surface area (Å²) in [6.45, 7) is 10.8. The topological polar surface area (TPSA) is 52.2 Å². The minimum absolute atomic E-state index is 0.00748. The number of aromatic nitrogens is 4. The molecule has 5 nitrogen and oxygen atoms in total. The molecule has 0 N–H and O–H groups in total. The average Bonchev–Trinajstić information content (AvgIpc) is 3.33. The maximum atomic E-state index is 13.8. The molecule has 1 unspecified atom stereocenters. The first-order chi connectivity index (χ1) is 14.9. The fourth-order valence-electron chi connectivity index (χ4n) is 4.51. The number of hydrogen-bond acceptors (Lipinski definition) is 5. The summed E-state index contributed by atoms with van der Waals surface area (Å²) in [6.07, 6.45) is 4.96. The molecule has 5 rings (SSSR count). The SMILES string of the molecule is C=CCSc1nnc2n(-c3ccccc3)c(=O)c3c4c(sc3n12)CC(C(C)(C)C)CC4. The van der Waals surface area contributed by atoms with E-state index < -0.39 is 0 Å². The van der Waals surface area contributed by atoms with Crippen LogP contribution in [0, 0.1) is 11.3 Å². The van der Waals surface area contributed by atoms with Crippen molar-refractivity contribution < 1.29 is 0 Å². The van der Waals surface area contributed by atoms with Gasteiger partial charge in [-0.15, -0.1) is 28.1 Å². The molecule has 3 heterocycles. The average molecular weight is 451 g/mol. The van der Waals surface area contributed by atoms with Gasteiger partial charge in [0.25, 0.3) is 5.56 Å². The van der Waals surface area contributed by atoms with Crippen molar-refractivity contribution in [3.05, 3.63) is 63.8 Å². The van der Waals surface area contributed by atoms with E-state index >= 15 is 0 Å². The number of aryl methyl sites for hydroxylation is 1. The quantitative estimate of drug-likeness (QED) is 0.303. The van der Waals surface area contributed by atoms with Gasteiger partial charge in [-0.3, -0.25) is 4.79 Å². The Morgan fingerprint density at radius 3 is 2.74 bits per heavy atom. The minimum Gasteiger partial charge on any atom is -0.268 e. The molecule has 7 heteroatoms. The lowest BCUT2D eigenvalue weighted by Gasteiger charge is -2.33. The molecule has 3 aromatic heterocycles. The zero-order valence-corrected chi connectivity index (χ0v) is 19.7. The van der Waals surface area contributed by atoms with E-state index in [1.165, 1.54) is 10.4 Å². The first-order valence-corrected chi connectivity index (χ1v) is 12.4. The van der Waals surface area contributed by atoms with Gasteiger partial charge in [-0.25, -0.2) is 8.97 Å². The fraction of sp³-hybridized carbons (Fsp3) is 0.375. The van der Waals surface area contributed by atoms with Crippen molar-refractivity contribution in [1.29, 1.82) is 0 Å². The van der Waals surface area contributed by atoms with Crippen LogP contribution in [0.4, 0.5) is 0 Å². The molecule has 4 aromatic rings. The maximum Gasteiger partial charge on any atom is 0.268 e. The van der Waals surface area contributed by atoms with E-state index in [-0.39, 0.29) is 11.0 Å². The van der Waals surface area contributed by atoms with Crippen LogP contribution in [-0.4, -0.2) is 24.9 Å². The molecule has 1 aliphatic rings. The molecule has 1 aromatic carbocycles. The molecule has 31 heavy (non-hydrogen) atoms. The van der Waals surface area contributed by atoms with E-state index in [1.807, 2.05) is 36.4 Å². The second-order valence-electron chi connectivity index (χ2n) is 9.18. The fourth-order valence-corrected chi connectivity index (χ4v) is 6.66. The van der Waals surface area contributed by atoms with Crippen LogP contribution in [0.25, 0.3) is 21.7 Å². The first kappa shape index (κ1) is 20.5. The van der Waals surface area contributed by atoms with Gasteiger partial charge in [-0.2, -0.15) is 0 Å². The second kappa shape index (κ2) is 7.64. The van der Waals surface area contributed by atoms with Gasteiger partial charge in [0, 0.05) is 10.6 Å². The summed E-state index contributed by atoms with van der Waals surface area (Å²) in [4.78, 5) is 16.2. The number of rotatable bonds is 4. The number of fused-ring (bicyclic) bond motifs is 5. The highest BCUT2D eigenvalue weighted by Gasteiger charge is 2.33. The summed E-state index contributed by atoms with van der Waals surface area (Å²) in [5.74, 6) is 1.93. The summed E-state index contributed by atoms with van der Waals surface area (Å²) < 4.78 is 3.79. The molecule has 0 fully saturated rings. The number of nitrogens with zero attached hydrogens (tertiary/aromatic N) is 4. The molecule has 1 atom stereocenters. The van der Waals surface area contributed by atoms with Gasteiger partial charge >= 0.3 is 0 Å². The second-order valence-corrected chi connectivity index (χ2v) is 11.3. The van der Waals surface area contributed by atoms with E-state index in [1.54, 1.807) is 27.7 Å². The van der Waals surface area contributed by atoms with Crippen LogP contribution in [0.15, 0.2) is 52.9 Å². The van der Waals surface area contributed by atoms with Crippen molar-refractivity contribution in [3.8, 4) is 5.69 Å². The van der Waals surface area contributed by atoms with Crippen LogP contribution in [0.2, 0.25) is 0 Å². The number of benzene rings is 1. The third-order valence-electron chi connectivity index (χ3n) is 6.25. The zero-order valence-electron chi connectivity index (χ0n) is 18.1. The molecular weight excluding hydrogens is 424 g/mol. The van der Waals surface area contributed by atoms with E-state index in [9.17, 15) is 4.79 Å². The Kier molecular flexibility index (Phi) is 5.06. The Hall–Kier alpha value is -2.38. The molecule has 160 valence electrons. The summed E-state index contributed by atoms with van der Waals surface area (Å²) in [7, 11) is 0. The van der Waals surface area contributed by atoms with Gasteiger partial charge in [0.1, 0.15) is 4.83 Å². The van der Waals surface area contributed by atoms with E-state index in [2.05, 4.69) is 41.9 Å². The van der Waals surface area contributed by atoms with Crippen LogP contribution in [0.3, 0.4) is 0 Å². The van der Waals surface area contributed by atoms with Crippen LogP contribution >= 0.6 is 23.1 Å². The van der Waals surface area contributed by atoms with E-state index in [4.69, 9.17) is 0 Å². The normalized spacial score (nSPS) is 16.7. The summed E-state index contributed by atoms with van der Waals surface area (Å²) in [5.41, 5.74) is 2.31.